The lowest BCUT2D eigenvalue weighted by Gasteiger charge is -2.09. The fourth-order valence-electron chi connectivity index (χ4n) is 1.70. The molecule has 1 heterocycles. The molecule has 2 heteroatoms. The van der Waals surface area contributed by atoms with E-state index in [-0.39, 0.29) is 0 Å². The summed E-state index contributed by atoms with van der Waals surface area (Å²) in [7, 11) is 0. The Morgan fingerprint density at radius 2 is 2.36 bits per heavy atom. The van der Waals surface area contributed by atoms with Gasteiger partial charge in [0.05, 0.1) is 6.61 Å². The molecule has 1 N–H and O–H groups in total. The van der Waals surface area contributed by atoms with Gasteiger partial charge in [0.2, 0.25) is 0 Å². The molecule has 0 aromatic heterocycles. The molecule has 0 amide bonds. The summed E-state index contributed by atoms with van der Waals surface area (Å²) in [6.45, 7) is 10.6. The van der Waals surface area contributed by atoms with Gasteiger partial charge in [-0.05, 0) is 25.8 Å². The topological polar surface area (TPSA) is 21.3 Å². The molecule has 14 heavy (non-hydrogen) atoms. The monoisotopic (exact) mass is 197 g/mol. The number of hydrogen-bond acceptors (Lipinski definition) is 2. The molecule has 0 bridgehead atoms. The fraction of sp³-hybridized carbons (Fsp3) is 0.833. The molecule has 1 fully saturated rings. The van der Waals surface area contributed by atoms with Crippen molar-refractivity contribution < 1.29 is 4.74 Å². The van der Waals surface area contributed by atoms with E-state index in [1.165, 1.54) is 12.0 Å². The summed E-state index contributed by atoms with van der Waals surface area (Å²) in [6, 6.07) is 0. The predicted molar refractivity (Wildman–Crippen MR) is 60.4 cm³/mol. The minimum atomic E-state index is 0.663. The third kappa shape index (κ3) is 4.77. The quantitative estimate of drug-likeness (QED) is 0.682. The van der Waals surface area contributed by atoms with E-state index in [9.17, 15) is 0 Å². The Morgan fingerprint density at radius 3 is 2.93 bits per heavy atom. The molecule has 1 aliphatic rings. The summed E-state index contributed by atoms with van der Waals surface area (Å²) in [5.41, 5.74) is 1.45. The standard InChI is InChI=1S/C12H23NO/c1-10(2)7-13-8-11(3)6-12-4-5-14-9-12/h6,10,12-13H,4-5,7-9H2,1-3H3/b11-6+. The van der Waals surface area contributed by atoms with Crippen molar-refractivity contribution in [2.75, 3.05) is 26.3 Å². The van der Waals surface area contributed by atoms with Crippen molar-refractivity contribution in [3.8, 4) is 0 Å². The molecular formula is C12H23NO. The largest absolute Gasteiger partial charge is 0.381 e. The first-order valence-electron chi connectivity index (χ1n) is 5.64. The molecule has 0 aromatic rings. The SMILES string of the molecule is C/C(=C\C1CCOC1)CNCC(C)C. The summed E-state index contributed by atoms with van der Waals surface area (Å²) < 4.78 is 5.34. The number of rotatable bonds is 5. The maximum absolute atomic E-state index is 5.34. The molecule has 2 nitrogen and oxygen atoms in total. The van der Waals surface area contributed by atoms with Crippen molar-refractivity contribution in [1.29, 1.82) is 0 Å². The highest BCUT2D eigenvalue weighted by molar-refractivity contribution is 5.04. The second-order valence-electron chi connectivity index (χ2n) is 4.66. The Balaban J connectivity index is 2.16. The molecule has 1 rings (SSSR count). The Kier molecular flexibility index (Phi) is 5.20. The molecule has 0 saturated carbocycles. The summed E-state index contributed by atoms with van der Waals surface area (Å²) in [5.74, 6) is 1.40. The minimum Gasteiger partial charge on any atom is -0.381 e. The van der Waals surface area contributed by atoms with Crippen LogP contribution in [0.2, 0.25) is 0 Å². The summed E-state index contributed by atoms with van der Waals surface area (Å²) in [6.07, 6.45) is 3.56. The summed E-state index contributed by atoms with van der Waals surface area (Å²) in [4.78, 5) is 0. The Morgan fingerprint density at radius 1 is 1.57 bits per heavy atom. The molecule has 1 saturated heterocycles. The van der Waals surface area contributed by atoms with E-state index in [0.29, 0.717) is 5.92 Å². The Hall–Kier alpha value is -0.340. The first kappa shape index (κ1) is 11.7. The highest BCUT2D eigenvalue weighted by Gasteiger charge is 2.12. The van der Waals surface area contributed by atoms with E-state index >= 15 is 0 Å². The van der Waals surface area contributed by atoms with Crippen molar-refractivity contribution in [2.45, 2.75) is 27.2 Å². The van der Waals surface area contributed by atoms with E-state index in [2.05, 4.69) is 32.2 Å². The second-order valence-corrected chi connectivity index (χ2v) is 4.66. The molecule has 1 aliphatic heterocycles. The fourth-order valence-corrected chi connectivity index (χ4v) is 1.70. The van der Waals surface area contributed by atoms with Gasteiger partial charge in [-0.25, -0.2) is 0 Å². The summed E-state index contributed by atoms with van der Waals surface area (Å²) >= 11 is 0. The molecular weight excluding hydrogens is 174 g/mol. The van der Waals surface area contributed by atoms with E-state index in [1.54, 1.807) is 0 Å². The number of ether oxygens (including phenoxy) is 1. The van der Waals surface area contributed by atoms with Crippen LogP contribution in [0.25, 0.3) is 0 Å². The van der Waals surface area contributed by atoms with E-state index in [1.807, 2.05) is 0 Å². The molecule has 0 aromatic carbocycles. The van der Waals surface area contributed by atoms with Gasteiger partial charge in [-0.15, -0.1) is 0 Å². The second kappa shape index (κ2) is 6.20. The maximum Gasteiger partial charge on any atom is 0.0529 e. The number of hydrogen-bond donors (Lipinski definition) is 1. The normalized spacial score (nSPS) is 23.4. The average Bonchev–Trinajstić information content (AvgIpc) is 2.56. The highest BCUT2D eigenvalue weighted by Crippen LogP contribution is 2.15. The van der Waals surface area contributed by atoms with Crippen LogP contribution in [0.1, 0.15) is 27.2 Å². The van der Waals surface area contributed by atoms with Crippen molar-refractivity contribution in [2.24, 2.45) is 11.8 Å². The lowest BCUT2D eigenvalue weighted by atomic mass is 10.1. The van der Waals surface area contributed by atoms with Crippen LogP contribution in [0.5, 0.6) is 0 Å². The van der Waals surface area contributed by atoms with Gasteiger partial charge in [0.15, 0.2) is 0 Å². The lowest BCUT2D eigenvalue weighted by molar-refractivity contribution is 0.191. The number of nitrogens with one attached hydrogen (secondary N) is 1. The molecule has 82 valence electrons. The van der Waals surface area contributed by atoms with Gasteiger partial charge in [-0.2, -0.15) is 0 Å². The third-order valence-electron chi connectivity index (χ3n) is 2.44. The van der Waals surface area contributed by atoms with Gasteiger partial charge in [-0.3, -0.25) is 0 Å². The van der Waals surface area contributed by atoms with Gasteiger partial charge in [0.25, 0.3) is 0 Å². The highest BCUT2D eigenvalue weighted by atomic mass is 16.5. The third-order valence-corrected chi connectivity index (χ3v) is 2.44. The maximum atomic E-state index is 5.34. The van der Waals surface area contributed by atoms with Crippen LogP contribution >= 0.6 is 0 Å². The van der Waals surface area contributed by atoms with Crippen molar-refractivity contribution in [1.82, 2.24) is 5.32 Å². The zero-order valence-electron chi connectivity index (χ0n) is 9.68. The van der Waals surface area contributed by atoms with E-state index < -0.39 is 0 Å². The van der Waals surface area contributed by atoms with Gasteiger partial charge < -0.3 is 10.1 Å². The van der Waals surface area contributed by atoms with Gasteiger partial charge in [-0.1, -0.05) is 25.5 Å². The lowest BCUT2D eigenvalue weighted by Crippen LogP contribution is -2.21. The van der Waals surface area contributed by atoms with E-state index in [4.69, 9.17) is 4.74 Å². The van der Waals surface area contributed by atoms with Crippen LogP contribution in [0.15, 0.2) is 11.6 Å². The zero-order valence-corrected chi connectivity index (χ0v) is 9.68. The Bertz CT molecular complexity index is 181. The Labute approximate surface area is 87.7 Å². The van der Waals surface area contributed by atoms with Crippen molar-refractivity contribution >= 4 is 0 Å². The molecule has 0 spiro atoms. The van der Waals surface area contributed by atoms with Crippen molar-refractivity contribution in [3.63, 3.8) is 0 Å². The smallest absolute Gasteiger partial charge is 0.0529 e. The van der Waals surface area contributed by atoms with Crippen LogP contribution in [0.3, 0.4) is 0 Å². The minimum absolute atomic E-state index is 0.663. The molecule has 0 radical (unpaired) electrons. The van der Waals surface area contributed by atoms with Crippen LogP contribution in [0.4, 0.5) is 0 Å². The summed E-state index contributed by atoms with van der Waals surface area (Å²) in [5, 5.41) is 3.45. The first-order valence-corrected chi connectivity index (χ1v) is 5.64. The van der Waals surface area contributed by atoms with Crippen molar-refractivity contribution in [3.05, 3.63) is 11.6 Å². The average molecular weight is 197 g/mol. The van der Waals surface area contributed by atoms with Crippen LogP contribution in [-0.4, -0.2) is 26.3 Å². The molecule has 0 aliphatic carbocycles. The molecule has 1 unspecified atom stereocenters. The predicted octanol–water partition coefficient (Wildman–Crippen LogP) is 2.21. The van der Waals surface area contributed by atoms with Gasteiger partial charge in [0, 0.05) is 19.1 Å². The van der Waals surface area contributed by atoms with Gasteiger partial charge in [0.1, 0.15) is 0 Å². The van der Waals surface area contributed by atoms with Crippen LogP contribution < -0.4 is 5.32 Å². The molecule has 1 atom stereocenters. The zero-order chi connectivity index (χ0) is 10.4. The first-order chi connectivity index (χ1) is 6.68. The van der Waals surface area contributed by atoms with Crippen LogP contribution in [0, 0.1) is 11.8 Å². The van der Waals surface area contributed by atoms with Crippen LogP contribution in [-0.2, 0) is 4.74 Å². The van der Waals surface area contributed by atoms with Gasteiger partial charge >= 0.3 is 0 Å². The van der Waals surface area contributed by atoms with E-state index in [0.717, 1.165) is 32.2 Å².